The molecule has 0 bridgehead atoms. The summed E-state index contributed by atoms with van der Waals surface area (Å²) in [7, 11) is 0. The van der Waals surface area contributed by atoms with Crippen molar-refractivity contribution in [2.24, 2.45) is 0 Å². The van der Waals surface area contributed by atoms with E-state index in [2.05, 4.69) is 11.0 Å². The second kappa shape index (κ2) is 8.06. The lowest BCUT2D eigenvalue weighted by atomic mass is 10.00. The first-order valence-corrected chi connectivity index (χ1v) is 8.18. The molecule has 2 aromatic rings. The molecule has 24 heavy (non-hydrogen) atoms. The summed E-state index contributed by atoms with van der Waals surface area (Å²) in [4.78, 5) is 16.8. The molecule has 2 N–H and O–H groups in total. The second-order valence-corrected chi connectivity index (χ2v) is 5.84. The topological polar surface area (TPSA) is 49.6 Å². The van der Waals surface area contributed by atoms with E-state index in [1.165, 1.54) is 5.56 Å². The van der Waals surface area contributed by atoms with E-state index < -0.39 is 0 Å². The number of carbonyl (C=O) groups excluding carboxylic acids is 1. The Morgan fingerprint density at radius 3 is 2.62 bits per heavy atom. The third kappa shape index (κ3) is 3.65. The standard InChI is InChI=1S/C19H23N3O.ClH/c1-2-22(15-8-4-3-5-9-15)19(23)14-21-13-7-10-16-17(20)11-6-12-18(16)21;/h3-6,8-9,11-12H,2,7,10,13-14,20H2,1H3;1H. The molecule has 0 radical (unpaired) electrons. The molecule has 0 aromatic heterocycles. The molecular formula is C19H24ClN3O. The number of likely N-dealkylation sites (N-methyl/N-ethyl adjacent to an activating group) is 1. The van der Waals surface area contributed by atoms with Gasteiger partial charge < -0.3 is 15.5 Å². The summed E-state index contributed by atoms with van der Waals surface area (Å²) in [6.45, 7) is 3.96. The fraction of sp³-hybridized carbons (Fsp3) is 0.316. The van der Waals surface area contributed by atoms with Crippen molar-refractivity contribution in [3.63, 3.8) is 0 Å². The number of halogens is 1. The van der Waals surface area contributed by atoms with E-state index in [-0.39, 0.29) is 18.3 Å². The molecule has 128 valence electrons. The number of rotatable bonds is 4. The predicted molar refractivity (Wildman–Crippen MR) is 103 cm³/mol. The van der Waals surface area contributed by atoms with E-state index in [0.29, 0.717) is 13.1 Å². The molecule has 1 aliphatic heterocycles. The quantitative estimate of drug-likeness (QED) is 0.863. The molecular weight excluding hydrogens is 322 g/mol. The maximum Gasteiger partial charge on any atom is 0.246 e. The van der Waals surface area contributed by atoms with Gasteiger partial charge in [0, 0.05) is 30.2 Å². The molecule has 0 fully saturated rings. The van der Waals surface area contributed by atoms with E-state index in [1.807, 2.05) is 54.3 Å². The zero-order chi connectivity index (χ0) is 16.2. The summed E-state index contributed by atoms with van der Waals surface area (Å²) < 4.78 is 0. The van der Waals surface area contributed by atoms with Crippen LogP contribution in [0.2, 0.25) is 0 Å². The number of amides is 1. The van der Waals surface area contributed by atoms with Gasteiger partial charge in [-0.25, -0.2) is 0 Å². The van der Waals surface area contributed by atoms with Gasteiger partial charge in [-0.3, -0.25) is 4.79 Å². The number of hydrogen-bond acceptors (Lipinski definition) is 3. The third-order valence-electron chi connectivity index (χ3n) is 4.39. The molecule has 2 aromatic carbocycles. The Kier molecular flexibility index (Phi) is 6.10. The van der Waals surface area contributed by atoms with Crippen LogP contribution < -0.4 is 15.5 Å². The van der Waals surface area contributed by atoms with Gasteiger partial charge in [0.25, 0.3) is 0 Å². The number of hydrogen-bond donors (Lipinski definition) is 1. The van der Waals surface area contributed by atoms with Crippen LogP contribution in [0.15, 0.2) is 48.5 Å². The number of benzene rings is 2. The van der Waals surface area contributed by atoms with Crippen molar-refractivity contribution in [1.29, 1.82) is 0 Å². The summed E-state index contributed by atoms with van der Waals surface area (Å²) in [6, 6.07) is 15.8. The minimum Gasteiger partial charge on any atom is -0.398 e. The van der Waals surface area contributed by atoms with Crippen molar-refractivity contribution in [1.82, 2.24) is 0 Å². The summed E-state index contributed by atoms with van der Waals surface area (Å²) in [6.07, 6.45) is 2.02. The lowest BCUT2D eigenvalue weighted by molar-refractivity contribution is -0.117. The fourth-order valence-electron chi connectivity index (χ4n) is 3.25. The highest BCUT2D eigenvalue weighted by Crippen LogP contribution is 2.31. The van der Waals surface area contributed by atoms with Gasteiger partial charge >= 0.3 is 0 Å². The van der Waals surface area contributed by atoms with Crippen molar-refractivity contribution >= 4 is 35.4 Å². The maximum atomic E-state index is 12.8. The maximum absolute atomic E-state index is 12.8. The van der Waals surface area contributed by atoms with Gasteiger partial charge in [-0.15, -0.1) is 12.4 Å². The molecule has 0 saturated heterocycles. The largest absolute Gasteiger partial charge is 0.398 e. The number of anilines is 3. The second-order valence-electron chi connectivity index (χ2n) is 5.84. The van der Waals surface area contributed by atoms with Crippen LogP contribution in [-0.4, -0.2) is 25.5 Å². The Morgan fingerprint density at radius 2 is 1.92 bits per heavy atom. The van der Waals surface area contributed by atoms with Crippen molar-refractivity contribution in [3.8, 4) is 0 Å². The first-order chi connectivity index (χ1) is 11.2. The minimum atomic E-state index is 0. The van der Waals surface area contributed by atoms with Crippen LogP contribution in [0.5, 0.6) is 0 Å². The Labute approximate surface area is 149 Å². The van der Waals surface area contributed by atoms with E-state index in [4.69, 9.17) is 5.73 Å². The number of nitrogens with zero attached hydrogens (tertiary/aromatic N) is 2. The van der Waals surface area contributed by atoms with Crippen molar-refractivity contribution in [2.75, 3.05) is 35.2 Å². The number of para-hydroxylation sites is 1. The zero-order valence-electron chi connectivity index (χ0n) is 13.9. The summed E-state index contributed by atoms with van der Waals surface area (Å²) >= 11 is 0. The first kappa shape index (κ1) is 18.1. The van der Waals surface area contributed by atoms with Crippen LogP contribution in [0.1, 0.15) is 18.9 Å². The Morgan fingerprint density at radius 1 is 1.17 bits per heavy atom. The predicted octanol–water partition coefficient (Wildman–Crippen LogP) is 3.50. The van der Waals surface area contributed by atoms with Gasteiger partial charge in [0.15, 0.2) is 0 Å². The molecule has 5 heteroatoms. The van der Waals surface area contributed by atoms with Crippen LogP contribution in [0, 0.1) is 0 Å². The van der Waals surface area contributed by atoms with Gasteiger partial charge in [-0.05, 0) is 49.6 Å². The molecule has 4 nitrogen and oxygen atoms in total. The van der Waals surface area contributed by atoms with Crippen LogP contribution in [0.4, 0.5) is 17.1 Å². The summed E-state index contributed by atoms with van der Waals surface area (Å²) in [5, 5.41) is 0. The number of nitrogen functional groups attached to an aromatic ring is 1. The van der Waals surface area contributed by atoms with Gasteiger partial charge in [0.2, 0.25) is 5.91 Å². The molecule has 1 heterocycles. The SMILES string of the molecule is CCN(C(=O)CN1CCCc2c(N)cccc21)c1ccccc1.Cl. The normalized spacial score (nSPS) is 13.0. The molecule has 0 atom stereocenters. The zero-order valence-corrected chi connectivity index (χ0v) is 14.8. The summed E-state index contributed by atoms with van der Waals surface area (Å²) in [5.41, 5.74) is 10.1. The third-order valence-corrected chi connectivity index (χ3v) is 4.39. The molecule has 0 spiro atoms. The summed E-state index contributed by atoms with van der Waals surface area (Å²) in [5.74, 6) is 0.119. The van der Waals surface area contributed by atoms with Crippen LogP contribution in [-0.2, 0) is 11.2 Å². The Hall–Kier alpha value is -2.20. The first-order valence-electron chi connectivity index (χ1n) is 8.18. The lowest BCUT2D eigenvalue weighted by Gasteiger charge is -2.33. The fourth-order valence-corrected chi connectivity index (χ4v) is 3.25. The van der Waals surface area contributed by atoms with Gasteiger partial charge in [0.1, 0.15) is 0 Å². The number of carbonyl (C=O) groups is 1. The van der Waals surface area contributed by atoms with Gasteiger partial charge in [0.05, 0.1) is 6.54 Å². The highest BCUT2D eigenvalue weighted by atomic mass is 35.5. The molecule has 0 unspecified atom stereocenters. The molecule has 0 saturated carbocycles. The molecule has 1 aliphatic rings. The highest BCUT2D eigenvalue weighted by Gasteiger charge is 2.23. The molecule has 0 aliphatic carbocycles. The highest BCUT2D eigenvalue weighted by molar-refractivity contribution is 5.96. The van der Waals surface area contributed by atoms with Crippen LogP contribution in [0.3, 0.4) is 0 Å². The smallest absolute Gasteiger partial charge is 0.246 e. The van der Waals surface area contributed by atoms with E-state index in [0.717, 1.165) is 36.4 Å². The van der Waals surface area contributed by atoms with E-state index in [1.54, 1.807) is 0 Å². The van der Waals surface area contributed by atoms with Crippen LogP contribution >= 0.6 is 12.4 Å². The van der Waals surface area contributed by atoms with Crippen LogP contribution in [0.25, 0.3) is 0 Å². The molecule has 3 rings (SSSR count). The van der Waals surface area contributed by atoms with E-state index in [9.17, 15) is 4.79 Å². The Balaban J connectivity index is 0.00000208. The van der Waals surface area contributed by atoms with Crippen molar-refractivity contribution in [2.45, 2.75) is 19.8 Å². The average molecular weight is 346 g/mol. The minimum absolute atomic E-state index is 0. The van der Waals surface area contributed by atoms with Crippen molar-refractivity contribution in [3.05, 3.63) is 54.1 Å². The average Bonchev–Trinajstić information content (AvgIpc) is 2.57. The number of fused-ring (bicyclic) bond motifs is 1. The number of nitrogens with two attached hydrogens (primary N) is 1. The molecule has 1 amide bonds. The monoisotopic (exact) mass is 345 g/mol. The lowest BCUT2D eigenvalue weighted by Crippen LogP contribution is -2.42. The van der Waals surface area contributed by atoms with Gasteiger partial charge in [-0.2, -0.15) is 0 Å². The van der Waals surface area contributed by atoms with Gasteiger partial charge in [-0.1, -0.05) is 24.3 Å². The Bertz CT molecular complexity index is 690. The van der Waals surface area contributed by atoms with Crippen molar-refractivity contribution < 1.29 is 4.79 Å². The van der Waals surface area contributed by atoms with E-state index >= 15 is 0 Å².